The molecule has 0 aromatic heterocycles. The molecule has 2 heteroatoms. The van der Waals surface area contributed by atoms with Crippen molar-refractivity contribution in [2.45, 2.75) is 6.92 Å². The van der Waals surface area contributed by atoms with Gasteiger partial charge in [0, 0.05) is 11.1 Å². The van der Waals surface area contributed by atoms with Gasteiger partial charge < -0.3 is 0 Å². The van der Waals surface area contributed by atoms with Gasteiger partial charge >= 0.3 is 21.2 Å². The molecule has 0 saturated heterocycles. The van der Waals surface area contributed by atoms with E-state index in [1.54, 1.807) is 0 Å². The maximum absolute atomic E-state index is 6.24. The highest BCUT2D eigenvalue weighted by atomic mass is 127. The van der Waals surface area contributed by atoms with E-state index in [-0.39, 0.29) is 21.2 Å². The molecule has 0 fully saturated rings. The van der Waals surface area contributed by atoms with Gasteiger partial charge in [-0.2, -0.15) is 0 Å². The van der Waals surface area contributed by atoms with E-state index < -0.39 is 0 Å². The Labute approximate surface area is 105 Å². The Morgan fingerprint density at radius 1 is 1.07 bits per heavy atom. The summed E-state index contributed by atoms with van der Waals surface area (Å²) >= 11 is 6.17. The zero-order valence-electron chi connectivity index (χ0n) is 8.22. The van der Waals surface area contributed by atoms with E-state index in [1.807, 2.05) is 12.1 Å². The lowest BCUT2D eigenvalue weighted by Gasteiger charge is -1.99. The molecule has 0 saturated carbocycles. The lowest BCUT2D eigenvalue weighted by atomic mass is 10.0. The molecule has 3 rings (SSSR count). The van der Waals surface area contributed by atoms with Crippen LogP contribution in [0.2, 0.25) is 5.02 Å². The van der Waals surface area contributed by atoms with Crippen LogP contribution in [-0.4, -0.2) is 0 Å². The van der Waals surface area contributed by atoms with Crippen LogP contribution in [0.1, 0.15) is 5.56 Å². The fraction of sp³-hybridized carbons (Fsp3) is 0.0769. The molecule has 0 amide bonds. The maximum atomic E-state index is 6.24. The molecule has 1 heterocycles. The number of benzene rings is 2. The van der Waals surface area contributed by atoms with E-state index in [4.69, 9.17) is 11.6 Å². The number of rotatable bonds is 0. The summed E-state index contributed by atoms with van der Waals surface area (Å²) in [4.78, 5) is 0. The van der Waals surface area contributed by atoms with Crippen molar-refractivity contribution < 1.29 is 21.2 Å². The molecule has 0 spiro atoms. The summed E-state index contributed by atoms with van der Waals surface area (Å²) in [5, 5.41) is 0.941. The summed E-state index contributed by atoms with van der Waals surface area (Å²) in [7, 11) is 0. The summed E-state index contributed by atoms with van der Waals surface area (Å²) in [5.41, 5.74) is 4.17. The quantitative estimate of drug-likeness (QED) is 0.535. The summed E-state index contributed by atoms with van der Waals surface area (Å²) in [6, 6.07) is 12.8. The van der Waals surface area contributed by atoms with Crippen LogP contribution in [0.3, 0.4) is 0 Å². The maximum Gasteiger partial charge on any atom is 0.360 e. The predicted octanol–water partition coefficient (Wildman–Crippen LogP) is 0.757. The number of hydrogen-bond donors (Lipinski definition) is 0. The molecule has 74 valence electrons. The van der Waals surface area contributed by atoms with Crippen LogP contribution >= 0.6 is 11.6 Å². The molecule has 0 nitrogen and oxygen atoms in total. The van der Waals surface area contributed by atoms with Crippen molar-refractivity contribution in [3.8, 4) is 11.1 Å². The molecule has 0 N–H and O–H groups in total. The normalized spacial score (nSPS) is 12.4. The molecule has 0 bridgehead atoms. The monoisotopic (exact) mass is 327 g/mol. The topological polar surface area (TPSA) is 0 Å². The fourth-order valence-electron chi connectivity index (χ4n) is 1.95. The molecule has 0 atom stereocenters. The molecule has 1 aliphatic heterocycles. The van der Waals surface area contributed by atoms with Crippen molar-refractivity contribution in [2.75, 3.05) is 0 Å². The predicted molar refractivity (Wildman–Crippen MR) is 59.0 cm³/mol. The second-order valence-corrected chi connectivity index (χ2v) is 6.82. The number of hydrogen-bond acceptors (Lipinski definition) is 0. The number of fused-ring (bicyclic) bond motifs is 3. The van der Waals surface area contributed by atoms with Gasteiger partial charge in [-0.1, -0.05) is 29.8 Å². The Balaban J connectivity index is 2.36. The molecule has 2 aromatic rings. The highest BCUT2D eigenvalue weighted by Crippen LogP contribution is 2.28. The van der Waals surface area contributed by atoms with Gasteiger partial charge in [-0.25, -0.2) is 0 Å². The zero-order valence-corrected chi connectivity index (χ0v) is 11.1. The average Bonchev–Trinajstić information content (AvgIpc) is 2.59. The number of halogens is 2. The van der Waals surface area contributed by atoms with Gasteiger partial charge in [0.15, 0.2) is 0 Å². The molecule has 0 unspecified atom stereocenters. The lowest BCUT2D eigenvalue weighted by Crippen LogP contribution is -3.61. The third-order valence-electron chi connectivity index (χ3n) is 2.64. The minimum atomic E-state index is -0.0677. The SMILES string of the molecule is Cc1cccc2c1-c1cccc(Cl)c1[I+]2. The van der Waals surface area contributed by atoms with E-state index in [9.17, 15) is 0 Å². The molecular weight excluding hydrogens is 318 g/mol. The molecular formula is C13H9ClI+. The van der Waals surface area contributed by atoms with Gasteiger partial charge in [0.25, 0.3) is 0 Å². The van der Waals surface area contributed by atoms with Crippen LogP contribution in [0, 0.1) is 14.1 Å². The van der Waals surface area contributed by atoms with Crippen LogP contribution in [0.25, 0.3) is 11.1 Å². The first-order chi connectivity index (χ1) is 7.27. The largest absolute Gasteiger partial charge is 0.360 e. The Hall–Kier alpha value is -0.540. The molecule has 0 radical (unpaired) electrons. The molecule has 15 heavy (non-hydrogen) atoms. The standard InChI is InChI=1S/C13H9ClI/c1-8-4-2-7-11-12(8)9-5-3-6-10(14)13(9)15-11/h2-7H,1H3/q+1. The van der Waals surface area contributed by atoms with E-state index in [2.05, 4.69) is 31.2 Å². The van der Waals surface area contributed by atoms with Crippen LogP contribution in [-0.2, 0) is 0 Å². The Kier molecular flexibility index (Phi) is 2.25. The van der Waals surface area contributed by atoms with E-state index >= 15 is 0 Å². The summed E-state index contributed by atoms with van der Waals surface area (Å²) in [6.07, 6.45) is 0. The summed E-state index contributed by atoms with van der Waals surface area (Å²) in [5.74, 6) is 0. The van der Waals surface area contributed by atoms with Gasteiger partial charge in [0.1, 0.15) is 0 Å². The van der Waals surface area contributed by atoms with E-state index in [0.717, 1.165) is 5.02 Å². The van der Waals surface area contributed by atoms with Crippen LogP contribution in [0.15, 0.2) is 36.4 Å². The Bertz CT molecular complexity index is 546. The van der Waals surface area contributed by atoms with Crippen molar-refractivity contribution in [3.05, 3.63) is 54.1 Å². The van der Waals surface area contributed by atoms with E-state index in [0.29, 0.717) is 0 Å². The first-order valence-corrected chi connectivity index (χ1v) is 7.34. The second kappa shape index (κ2) is 3.49. The van der Waals surface area contributed by atoms with Crippen molar-refractivity contribution in [2.24, 2.45) is 0 Å². The molecule has 1 aliphatic rings. The van der Waals surface area contributed by atoms with Gasteiger partial charge in [-0.05, 0) is 30.7 Å². The van der Waals surface area contributed by atoms with Gasteiger partial charge in [-0.3, -0.25) is 0 Å². The summed E-state index contributed by atoms with van der Waals surface area (Å²) < 4.78 is 2.90. The molecule has 2 aromatic carbocycles. The van der Waals surface area contributed by atoms with Crippen molar-refractivity contribution in [1.82, 2.24) is 0 Å². The Morgan fingerprint density at radius 2 is 1.87 bits per heavy atom. The van der Waals surface area contributed by atoms with Crippen molar-refractivity contribution in [3.63, 3.8) is 0 Å². The third kappa shape index (κ3) is 1.41. The molecule has 0 aliphatic carbocycles. The van der Waals surface area contributed by atoms with E-state index in [1.165, 1.54) is 23.8 Å². The minimum Gasteiger partial charge on any atom is -0.0793 e. The van der Waals surface area contributed by atoms with Crippen molar-refractivity contribution in [1.29, 1.82) is 0 Å². The van der Waals surface area contributed by atoms with Crippen LogP contribution in [0.4, 0.5) is 0 Å². The van der Waals surface area contributed by atoms with Crippen molar-refractivity contribution >= 4 is 11.6 Å². The summed E-state index contributed by atoms with van der Waals surface area (Å²) in [6.45, 7) is 2.18. The van der Waals surface area contributed by atoms with Gasteiger partial charge in [0.2, 0.25) is 7.14 Å². The highest BCUT2D eigenvalue weighted by molar-refractivity contribution is 6.30. The van der Waals surface area contributed by atoms with Gasteiger partial charge in [-0.15, -0.1) is 0 Å². The highest BCUT2D eigenvalue weighted by Gasteiger charge is 2.36. The number of aryl methyl sites for hydroxylation is 1. The smallest absolute Gasteiger partial charge is 0.0793 e. The lowest BCUT2D eigenvalue weighted by molar-refractivity contribution is -0.589. The van der Waals surface area contributed by atoms with Crippen LogP contribution in [0.5, 0.6) is 0 Å². The van der Waals surface area contributed by atoms with Gasteiger partial charge in [0.05, 0.1) is 5.02 Å². The Morgan fingerprint density at radius 3 is 2.73 bits per heavy atom. The fourth-order valence-corrected chi connectivity index (χ4v) is 5.49. The zero-order chi connectivity index (χ0) is 10.4. The first kappa shape index (κ1) is 9.67. The second-order valence-electron chi connectivity index (χ2n) is 3.63. The third-order valence-corrected chi connectivity index (χ3v) is 6.45. The van der Waals surface area contributed by atoms with Crippen LogP contribution < -0.4 is 21.2 Å². The average molecular weight is 328 g/mol. The first-order valence-electron chi connectivity index (χ1n) is 4.80. The minimum absolute atomic E-state index is 0.0677.